The molecule has 1 heterocycles. The van der Waals surface area contributed by atoms with Crippen molar-refractivity contribution in [2.45, 2.75) is 19.4 Å². The molecule has 1 aromatic carbocycles. The third-order valence-corrected chi connectivity index (χ3v) is 3.58. The number of non-ortho nitro benzene ring substituents is 1. The van der Waals surface area contributed by atoms with Crippen LogP contribution in [0.25, 0.3) is 0 Å². The molecule has 2 N–H and O–H groups in total. The van der Waals surface area contributed by atoms with Crippen LogP contribution >= 0.6 is 0 Å². The predicted molar refractivity (Wildman–Crippen MR) is 70.8 cm³/mol. The molecular weight excluding hydrogens is 246 g/mol. The summed E-state index contributed by atoms with van der Waals surface area (Å²) in [5, 5.41) is 10.6. The molecule has 1 aromatic rings. The largest absolute Gasteiger partial charge is 0.338 e. The van der Waals surface area contributed by atoms with Gasteiger partial charge in [-0.15, -0.1) is 0 Å². The van der Waals surface area contributed by atoms with Crippen LogP contribution in [0.2, 0.25) is 0 Å². The number of rotatable bonds is 2. The molecule has 1 amide bonds. The maximum absolute atomic E-state index is 12.2. The topological polar surface area (TPSA) is 89.5 Å². The van der Waals surface area contributed by atoms with Crippen LogP contribution < -0.4 is 5.73 Å². The lowest BCUT2D eigenvalue weighted by molar-refractivity contribution is -0.384. The van der Waals surface area contributed by atoms with E-state index >= 15 is 0 Å². The van der Waals surface area contributed by atoms with Crippen LogP contribution in [0.4, 0.5) is 5.69 Å². The number of amides is 1. The average Bonchev–Trinajstić information content (AvgIpc) is 2.41. The Balaban J connectivity index is 2.09. The molecule has 1 aliphatic heterocycles. The first kappa shape index (κ1) is 13.5. The Labute approximate surface area is 111 Å². The number of piperidine rings is 1. The smallest absolute Gasteiger partial charge is 0.269 e. The molecule has 0 radical (unpaired) electrons. The summed E-state index contributed by atoms with van der Waals surface area (Å²) in [4.78, 5) is 24.1. The molecule has 2 rings (SSSR count). The van der Waals surface area contributed by atoms with Crippen molar-refractivity contribution in [1.82, 2.24) is 4.90 Å². The lowest BCUT2D eigenvalue weighted by atomic mass is 9.94. The van der Waals surface area contributed by atoms with E-state index in [4.69, 9.17) is 5.73 Å². The summed E-state index contributed by atoms with van der Waals surface area (Å²) in [6.07, 6.45) is 0.792. The zero-order chi connectivity index (χ0) is 14.0. The van der Waals surface area contributed by atoms with Gasteiger partial charge < -0.3 is 10.6 Å². The number of nitro benzene ring substituents is 1. The van der Waals surface area contributed by atoms with Crippen molar-refractivity contribution in [2.75, 3.05) is 13.1 Å². The van der Waals surface area contributed by atoms with E-state index in [0.717, 1.165) is 6.42 Å². The van der Waals surface area contributed by atoms with Gasteiger partial charge in [0.1, 0.15) is 0 Å². The summed E-state index contributed by atoms with van der Waals surface area (Å²) in [5.41, 5.74) is 6.39. The maximum atomic E-state index is 12.2. The molecule has 0 aliphatic carbocycles. The van der Waals surface area contributed by atoms with Gasteiger partial charge in [0.05, 0.1) is 4.92 Å². The van der Waals surface area contributed by atoms with Gasteiger partial charge in [-0.2, -0.15) is 0 Å². The van der Waals surface area contributed by atoms with Gasteiger partial charge in [0.15, 0.2) is 0 Å². The maximum Gasteiger partial charge on any atom is 0.269 e. The Morgan fingerprint density at radius 3 is 2.58 bits per heavy atom. The highest BCUT2D eigenvalue weighted by Gasteiger charge is 2.26. The van der Waals surface area contributed by atoms with Gasteiger partial charge in [-0.3, -0.25) is 14.9 Å². The summed E-state index contributed by atoms with van der Waals surface area (Å²) < 4.78 is 0. The van der Waals surface area contributed by atoms with E-state index < -0.39 is 4.92 Å². The minimum Gasteiger partial charge on any atom is -0.338 e. The molecule has 2 atom stereocenters. The highest BCUT2D eigenvalue weighted by molar-refractivity contribution is 5.94. The highest BCUT2D eigenvalue weighted by Crippen LogP contribution is 2.19. The minimum absolute atomic E-state index is 0.00872. The van der Waals surface area contributed by atoms with Crippen LogP contribution in [0.5, 0.6) is 0 Å². The second-order valence-electron chi connectivity index (χ2n) is 4.98. The van der Waals surface area contributed by atoms with Gasteiger partial charge in [-0.25, -0.2) is 0 Å². The predicted octanol–water partition coefficient (Wildman–Crippen LogP) is 1.40. The minimum atomic E-state index is -0.476. The zero-order valence-corrected chi connectivity index (χ0v) is 10.8. The quantitative estimate of drug-likeness (QED) is 0.645. The van der Waals surface area contributed by atoms with E-state index in [0.29, 0.717) is 18.7 Å². The SMILES string of the molecule is CC1CN(C(=O)c2ccc([N+](=O)[O-])cc2)CCC1N. The summed E-state index contributed by atoms with van der Waals surface area (Å²) >= 11 is 0. The van der Waals surface area contributed by atoms with Crippen LogP contribution in [0.3, 0.4) is 0 Å². The van der Waals surface area contributed by atoms with Gasteiger partial charge in [-0.1, -0.05) is 6.92 Å². The van der Waals surface area contributed by atoms with Crippen LogP contribution in [-0.2, 0) is 0 Å². The first-order chi connectivity index (χ1) is 8.99. The lowest BCUT2D eigenvalue weighted by Crippen LogP contribution is -2.48. The fourth-order valence-corrected chi connectivity index (χ4v) is 2.26. The summed E-state index contributed by atoms with van der Waals surface area (Å²) in [5.74, 6) is 0.185. The normalized spacial score (nSPS) is 23.2. The number of likely N-dealkylation sites (tertiary alicyclic amines) is 1. The number of hydrogen-bond acceptors (Lipinski definition) is 4. The van der Waals surface area contributed by atoms with E-state index in [-0.39, 0.29) is 23.6 Å². The number of nitrogens with two attached hydrogens (primary N) is 1. The number of carbonyl (C=O) groups is 1. The lowest BCUT2D eigenvalue weighted by Gasteiger charge is -2.35. The molecule has 19 heavy (non-hydrogen) atoms. The van der Waals surface area contributed by atoms with Gasteiger partial charge in [0, 0.05) is 36.8 Å². The van der Waals surface area contributed by atoms with Gasteiger partial charge in [-0.05, 0) is 24.5 Å². The fraction of sp³-hybridized carbons (Fsp3) is 0.462. The van der Waals surface area contributed by atoms with Crippen molar-refractivity contribution in [1.29, 1.82) is 0 Å². The van der Waals surface area contributed by atoms with Crippen molar-refractivity contribution in [2.24, 2.45) is 11.7 Å². The standard InChI is InChI=1S/C13H17N3O3/c1-9-8-15(7-6-12(9)14)13(17)10-2-4-11(5-3-10)16(18)19/h2-5,9,12H,6-8,14H2,1H3. The van der Waals surface area contributed by atoms with E-state index in [1.807, 2.05) is 6.92 Å². The number of hydrogen-bond donors (Lipinski definition) is 1. The number of nitro groups is 1. The first-order valence-corrected chi connectivity index (χ1v) is 6.28. The molecule has 0 aromatic heterocycles. The number of benzene rings is 1. The molecule has 1 aliphatic rings. The molecule has 2 unspecified atom stereocenters. The van der Waals surface area contributed by atoms with E-state index in [9.17, 15) is 14.9 Å². The van der Waals surface area contributed by atoms with Crippen LogP contribution in [0.15, 0.2) is 24.3 Å². The van der Waals surface area contributed by atoms with Crippen molar-refractivity contribution in [3.8, 4) is 0 Å². The van der Waals surface area contributed by atoms with Crippen molar-refractivity contribution < 1.29 is 9.72 Å². The van der Waals surface area contributed by atoms with Crippen molar-refractivity contribution >= 4 is 11.6 Å². The molecule has 0 saturated carbocycles. The molecule has 6 heteroatoms. The van der Waals surface area contributed by atoms with E-state index in [1.165, 1.54) is 24.3 Å². The third-order valence-electron chi connectivity index (χ3n) is 3.58. The molecule has 1 saturated heterocycles. The second kappa shape index (κ2) is 5.36. The zero-order valence-electron chi connectivity index (χ0n) is 10.8. The second-order valence-corrected chi connectivity index (χ2v) is 4.98. The first-order valence-electron chi connectivity index (χ1n) is 6.28. The van der Waals surface area contributed by atoms with Crippen LogP contribution in [0, 0.1) is 16.0 Å². The van der Waals surface area contributed by atoms with Gasteiger partial charge in [0.2, 0.25) is 0 Å². The van der Waals surface area contributed by atoms with E-state index in [2.05, 4.69) is 0 Å². The highest BCUT2D eigenvalue weighted by atomic mass is 16.6. The van der Waals surface area contributed by atoms with Crippen molar-refractivity contribution in [3.05, 3.63) is 39.9 Å². The van der Waals surface area contributed by atoms with Crippen LogP contribution in [0.1, 0.15) is 23.7 Å². The third kappa shape index (κ3) is 2.90. The average molecular weight is 263 g/mol. The molecule has 0 spiro atoms. The summed E-state index contributed by atoms with van der Waals surface area (Å²) in [6.45, 7) is 3.30. The Bertz CT molecular complexity index is 486. The number of nitrogens with zero attached hydrogens (tertiary/aromatic N) is 2. The number of carbonyl (C=O) groups excluding carboxylic acids is 1. The summed E-state index contributed by atoms with van der Waals surface area (Å²) in [7, 11) is 0. The Hall–Kier alpha value is -1.95. The molecule has 0 bridgehead atoms. The Kier molecular flexibility index (Phi) is 3.80. The van der Waals surface area contributed by atoms with Gasteiger partial charge in [0.25, 0.3) is 11.6 Å². The summed E-state index contributed by atoms with van der Waals surface area (Å²) in [6, 6.07) is 5.85. The monoisotopic (exact) mass is 263 g/mol. The Morgan fingerprint density at radius 2 is 2.05 bits per heavy atom. The molecule has 102 valence electrons. The fourth-order valence-electron chi connectivity index (χ4n) is 2.26. The van der Waals surface area contributed by atoms with Crippen LogP contribution in [-0.4, -0.2) is 34.9 Å². The Morgan fingerprint density at radius 1 is 1.42 bits per heavy atom. The molecular formula is C13H17N3O3. The molecule has 6 nitrogen and oxygen atoms in total. The van der Waals surface area contributed by atoms with E-state index in [1.54, 1.807) is 4.90 Å². The molecule has 1 fully saturated rings. The van der Waals surface area contributed by atoms with Crippen molar-refractivity contribution in [3.63, 3.8) is 0 Å². The van der Waals surface area contributed by atoms with Gasteiger partial charge >= 0.3 is 0 Å².